The molecule has 122 valence electrons. The number of rotatable bonds is 3. The first kappa shape index (κ1) is 15.3. The van der Waals surface area contributed by atoms with Crippen LogP contribution in [0.25, 0.3) is 11.1 Å². The largest absolute Gasteiger partial charge is 0.440 e. The number of amides is 3. The SMILES string of the molecule is CC(C)c1nc2cc(NC(=O)NC3CC(=O)N(C)C3)ccc2o1. The van der Waals surface area contributed by atoms with Crippen molar-refractivity contribution in [1.82, 2.24) is 15.2 Å². The van der Waals surface area contributed by atoms with Crippen LogP contribution in [0.4, 0.5) is 10.5 Å². The van der Waals surface area contributed by atoms with Crippen LogP contribution in [-0.2, 0) is 4.79 Å². The Balaban J connectivity index is 1.66. The Labute approximate surface area is 134 Å². The van der Waals surface area contributed by atoms with Gasteiger partial charge in [0.25, 0.3) is 0 Å². The van der Waals surface area contributed by atoms with Gasteiger partial charge in [0, 0.05) is 31.6 Å². The predicted molar refractivity (Wildman–Crippen MR) is 86.3 cm³/mol. The van der Waals surface area contributed by atoms with E-state index in [0.29, 0.717) is 35.6 Å². The molecule has 1 aromatic heterocycles. The number of urea groups is 1. The molecule has 0 spiro atoms. The molecule has 2 heterocycles. The molecule has 1 aliphatic rings. The highest BCUT2D eigenvalue weighted by Crippen LogP contribution is 2.23. The van der Waals surface area contributed by atoms with Crippen LogP contribution in [0.15, 0.2) is 22.6 Å². The number of nitrogens with one attached hydrogen (secondary N) is 2. The standard InChI is InChI=1S/C16H20N4O3/c1-9(2)15-19-12-6-10(4-5-13(12)23-15)17-16(22)18-11-7-14(21)20(3)8-11/h4-6,9,11H,7-8H2,1-3H3,(H2,17,18,22). The highest BCUT2D eigenvalue weighted by molar-refractivity contribution is 5.92. The third-order valence-electron chi connectivity index (χ3n) is 3.83. The van der Waals surface area contributed by atoms with Crippen molar-refractivity contribution in [2.75, 3.05) is 18.9 Å². The Morgan fingerprint density at radius 2 is 2.22 bits per heavy atom. The number of aromatic nitrogens is 1. The molecule has 1 aliphatic heterocycles. The van der Waals surface area contributed by atoms with E-state index in [1.807, 2.05) is 13.8 Å². The summed E-state index contributed by atoms with van der Waals surface area (Å²) >= 11 is 0. The Morgan fingerprint density at radius 1 is 1.43 bits per heavy atom. The molecule has 2 N–H and O–H groups in total. The molecule has 3 rings (SSSR count). The smallest absolute Gasteiger partial charge is 0.319 e. The minimum Gasteiger partial charge on any atom is -0.440 e. The Hall–Kier alpha value is -2.57. The van der Waals surface area contributed by atoms with Crippen molar-refractivity contribution >= 4 is 28.7 Å². The van der Waals surface area contributed by atoms with Gasteiger partial charge in [-0.15, -0.1) is 0 Å². The van der Waals surface area contributed by atoms with Gasteiger partial charge in [0.1, 0.15) is 5.52 Å². The summed E-state index contributed by atoms with van der Waals surface area (Å²) in [6, 6.07) is 4.84. The Morgan fingerprint density at radius 3 is 2.87 bits per heavy atom. The number of anilines is 1. The number of hydrogen-bond acceptors (Lipinski definition) is 4. The lowest BCUT2D eigenvalue weighted by atomic mass is 10.2. The summed E-state index contributed by atoms with van der Waals surface area (Å²) in [4.78, 5) is 29.5. The Bertz CT molecular complexity index is 753. The van der Waals surface area contributed by atoms with Gasteiger partial charge in [0.15, 0.2) is 11.5 Å². The number of carbonyl (C=O) groups excluding carboxylic acids is 2. The van der Waals surface area contributed by atoms with E-state index in [-0.39, 0.29) is 23.9 Å². The second-order valence-electron chi connectivity index (χ2n) is 6.16. The van der Waals surface area contributed by atoms with Crippen LogP contribution in [0.5, 0.6) is 0 Å². The molecular formula is C16H20N4O3. The zero-order chi connectivity index (χ0) is 16.6. The number of likely N-dealkylation sites (N-methyl/N-ethyl adjacent to an activating group) is 1. The summed E-state index contributed by atoms with van der Waals surface area (Å²) in [6.45, 7) is 4.56. The van der Waals surface area contributed by atoms with Crippen molar-refractivity contribution < 1.29 is 14.0 Å². The van der Waals surface area contributed by atoms with E-state index in [0.717, 1.165) is 0 Å². The van der Waals surface area contributed by atoms with E-state index in [1.165, 1.54) is 0 Å². The van der Waals surface area contributed by atoms with Crippen molar-refractivity contribution in [3.63, 3.8) is 0 Å². The zero-order valence-corrected chi connectivity index (χ0v) is 13.4. The summed E-state index contributed by atoms with van der Waals surface area (Å²) < 4.78 is 5.64. The molecule has 7 heteroatoms. The van der Waals surface area contributed by atoms with Crippen molar-refractivity contribution in [1.29, 1.82) is 0 Å². The number of hydrogen-bond donors (Lipinski definition) is 2. The minimum absolute atomic E-state index is 0.0422. The fraction of sp³-hybridized carbons (Fsp3) is 0.438. The molecule has 7 nitrogen and oxygen atoms in total. The van der Waals surface area contributed by atoms with E-state index < -0.39 is 0 Å². The predicted octanol–water partition coefficient (Wildman–Crippen LogP) is 2.30. The average Bonchev–Trinajstić information content (AvgIpc) is 3.02. The summed E-state index contributed by atoms with van der Waals surface area (Å²) in [6.07, 6.45) is 0.337. The first-order valence-corrected chi connectivity index (χ1v) is 7.64. The molecule has 1 saturated heterocycles. The molecule has 0 radical (unpaired) electrons. The lowest BCUT2D eigenvalue weighted by molar-refractivity contribution is -0.126. The molecule has 1 atom stereocenters. The molecule has 0 aliphatic carbocycles. The van der Waals surface area contributed by atoms with Gasteiger partial charge >= 0.3 is 6.03 Å². The van der Waals surface area contributed by atoms with Crippen molar-refractivity contribution in [2.45, 2.75) is 32.2 Å². The number of likely N-dealkylation sites (tertiary alicyclic amines) is 1. The normalized spacial score (nSPS) is 18.0. The third-order valence-corrected chi connectivity index (χ3v) is 3.83. The van der Waals surface area contributed by atoms with Crippen LogP contribution in [0, 0.1) is 0 Å². The monoisotopic (exact) mass is 316 g/mol. The van der Waals surface area contributed by atoms with Crippen LogP contribution in [0.2, 0.25) is 0 Å². The Kier molecular flexibility index (Phi) is 3.94. The average molecular weight is 316 g/mol. The molecule has 2 aromatic rings. The zero-order valence-electron chi connectivity index (χ0n) is 13.4. The number of oxazole rings is 1. The van der Waals surface area contributed by atoms with Gasteiger partial charge in [-0.25, -0.2) is 9.78 Å². The van der Waals surface area contributed by atoms with Gasteiger partial charge < -0.3 is 20.0 Å². The quantitative estimate of drug-likeness (QED) is 0.909. The molecular weight excluding hydrogens is 296 g/mol. The highest BCUT2D eigenvalue weighted by Gasteiger charge is 2.27. The van der Waals surface area contributed by atoms with Crippen LogP contribution >= 0.6 is 0 Å². The summed E-state index contributed by atoms with van der Waals surface area (Å²) in [5.74, 6) is 0.925. The maximum Gasteiger partial charge on any atom is 0.319 e. The lowest BCUT2D eigenvalue weighted by Crippen LogP contribution is -2.39. The second-order valence-corrected chi connectivity index (χ2v) is 6.16. The van der Waals surface area contributed by atoms with Crippen LogP contribution in [-0.4, -0.2) is 41.5 Å². The van der Waals surface area contributed by atoms with Crippen molar-refractivity contribution in [3.8, 4) is 0 Å². The highest BCUT2D eigenvalue weighted by atomic mass is 16.3. The maximum atomic E-state index is 12.0. The van der Waals surface area contributed by atoms with Crippen LogP contribution in [0.3, 0.4) is 0 Å². The van der Waals surface area contributed by atoms with E-state index >= 15 is 0 Å². The van der Waals surface area contributed by atoms with Gasteiger partial charge in [-0.05, 0) is 18.2 Å². The molecule has 3 amide bonds. The van der Waals surface area contributed by atoms with Crippen molar-refractivity contribution in [2.24, 2.45) is 0 Å². The first-order chi connectivity index (χ1) is 10.9. The fourth-order valence-electron chi connectivity index (χ4n) is 2.58. The number of nitrogens with zero attached hydrogens (tertiary/aromatic N) is 2. The fourth-order valence-corrected chi connectivity index (χ4v) is 2.58. The number of fused-ring (bicyclic) bond motifs is 1. The minimum atomic E-state index is -0.329. The van der Waals surface area contributed by atoms with Gasteiger partial charge in [-0.1, -0.05) is 13.8 Å². The van der Waals surface area contributed by atoms with Gasteiger partial charge in [0.2, 0.25) is 5.91 Å². The summed E-state index contributed by atoms with van der Waals surface area (Å²) in [5, 5.41) is 5.57. The van der Waals surface area contributed by atoms with Gasteiger partial charge in [-0.2, -0.15) is 0 Å². The summed E-state index contributed by atoms with van der Waals surface area (Å²) in [7, 11) is 1.73. The number of benzene rings is 1. The molecule has 1 fully saturated rings. The molecule has 1 aromatic carbocycles. The number of carbonyl (C=O) groups is 2. The summed E-state index contributed by atoms with van der Waals surface area (Å²) in [5.41, 5.74) is 2.04. The molecule has 0 bridgehead atoms. The van der Waals surface area contributed by atoms with E-state index in [4.69, 9.17) is 4.42 Å². The van der Waals surface area contributed by atoms with Gasteiger partial charge in [-0.3, -0.25) is 4.79 Å². The molecule has 0 saturated carbocycles. The van der Waals surface area contributed by atoms with E-state index in [2.05, 4.69) is 15.6 Å². The second kappa shape index (κ2) is 5.91. The van der Waals surface area contributed by atoms with Crippen molar-refractivity contribution in [3.05, 3.63) is 24.1 Å². The lowest BCUT2D eigenvalue weighted by Gasteiger charge is -2.13. The third kappa shape index (κ3) is 3.28. The van der Waals surface area contributed by atoms with Crippen LogP contribution < -0.4 is 10.6 Å². The molecule has 23 heavy (non-hydrogen) atoms. The maximum absolute atomic E-state index is 12.0. The molecule has 1 unspecified atom stereocenters. The van der Waals surface area contributed by atoms with E-state index in [1.54, 1.807) is 30.1 Å². The van der Waals surface area contributed by atoms with E-state index in [9.17, 15) is 9.59 Å². The van der Waals surface area contributed by atoms with Gasteiger partial charge in [0.05, 0.1) is 6.04 Å². The van der Waals surface area contributed by atoms with Crippen LogP contribution in [0.1, 0.15) is 32.1 Å². The first-order valence-electron chi connectivity index (χ1n) is 7.64. The topological polar surface area (TPSA) is 87.5 Å².